The number of likely N-dealkylation sites (tertiary alicyclic amines) is 1. The van der Waals surface area contributed by atoms with Gasteiger partial charge in [-0.1, -0.05) is 18.2 Å². The van der Waals surface area contributed by atoms with E-state index in [1.54, 1.807) is 32.0 Å². The molecule has 3 heterocycles. The number of fused-ring (bicyclic) bond motifs is 1. The third-order valence-electron chi connectivity index (χ3n) is 8.76. The van der Waals surface area contributed by atoms with Crippen LogP contribution in [0.1, 0.15) is 79.8 Å². The summed E-state index contributed by atoms with van der Waals surface area (Å²) in [5.41, 5.74) is 3.61. The standard InChI is InChI=1S/C33H41F3N6O2/c1-19-20(2)25(13-12-23(19)22-10-8-14-42(17-22)18-31(3,4)44)40-30-38-16-24(33(34,35)36)28(41-30)37-15-21-9-7-11-26-27(21)32(5,6)29(43)39-26/h7,9,11-13,16,22,44H,8,10,14-15,17-18H2,1-6H3,(H,39,43)(H2,37,38,40,41). The monoisotopic (exact) mass is 610 g/mol. The molecule has 236 valence electrons. The molecule has 4 N–H and O–H groups in total. The second-order valence-corrected chi connectivity index (χ2v) is 13.2. The van der Waals surface area contributed by atoms with Gasteiger partial charge in [0.15, 0.2) is 0 Å². The van der Waals surface area contributed by atoms with Crippen molar-refractivity contribution in [1.82, 2.24) is 14.9 Å². The minimum Gasteiger partial charge on any atom is -0.389 e. The molecule has 3 aromatic rings. The number of halogens is 3. The zero-order valence-corrected chi connectivity index (χ0v) is 26.1. The Hall–Kier alpha value is -3.70. The number of carbonyl (C=O) groups excluding carboxylic acids is 1. The number of nitrogens with one attached hydrogen (secondary N) is 3. The first-order valence-corrected chi connectivity index (χ1v) is 15.0. The van der Waals surface area contributed by atoms with Gasteiger partial charge in [0.2, 0.25) is 11.9 Å². The van der Waals surface area contributed by atoms with Crippen LogP contribution in [0, 0.1) is 13.8 Å². The Morgan fingerprint density at radius 2 is 1.89 bits per heavy atom. The van der Waals surface area contributed by atoms with E-state index in [0.717, 1.165) is 48.8 Å². The van der Waals surface area contributed by atoms with E-state index < -0.39 is 22.8 Å². The van der Waals surface area contributed by atoms with Gasteiger partial charge in [0.25, 0.3) is 0 Å². The average Bonchev–Trinajstić information content (AvgIpc) is 3.17. The molecule has 0 radical (unpaired) electrons. The van der Waals surface area contributed by atoms with Gasteiger partial charge in [-0.2, -0.15) is 18.2 Å². The van der Waals surface area contributed by atoms with Crippen LogP contribution < -0.4 is 16.0 Å². The van der Waals surface area contributed by atoms with Crippen LogP contribution in [0.2, 0.25) is 0 Å². The van der Waals surface area contributed by atoms with E-state index in [4.69, 9.17) is 0 Å². The number of aliphatic hydroxyl groups is 1. The van der Waals surface area contributed by atoms with Crippen LogP contribution in [-0.2, 0) is 22.9 Å². The number of β-amino-alcohol motifs (C(OH)–C–C–N with tert-alkyl or cyclic N) is 1. The van der Waals surface area contributed by atoms with Crippen molar-refractivity contribution in [2.45, 2.75) is 84.0 Å². The van der Waals surface area contributed by atoms with Gasteiger partial charge < -0.3 is 21.1 Å². The lowest BCUT2D eigenvalue weighted by molar-refractivity contribution is -0.137. The van der Waals surface area contributed by atoms with Crippen LogP contribution in [0.15, 0.2) is 36.5 Å². The van der Waals surface area contributed by atoms with Crippen molar-refractivity contribution in [3.8, 4) is 0 Å². The summed E-state index contributed by atoms with van der Waals surface area (Å²) in [5, 5.41) is 19.2. The summed E-state index contributed by atoms with van der Waals surface area (Å²) in [7, 11) is 0. The highest BCUT2D eigenvalue weighted by molar-refractivity contribution is 6.06. The van der Waals surface area contributed by atoms with Crippen LogP contribution in [-0.4, -0.2) is 51.1 Å². The van der Waals surface area contributed by atoms with E-state index in [1.807, 2.05) is 26.8 Å². The zero-order chi connectivity index (χ0) is 32.0. The molecule has 2 aliphatic heterocycles. The van der Waals surface area contributed by atoms with Crippen molar-refractivity contribution in [2.24, 2.45) is 0 Å². The van der Waals surface area contributed by atoms with Gasteiger partial charge >= 0.3 is 6.18 Å². The molecular formula is C33H41F3N6O2. The summed E-state index contributed by atoms with van der Waals surface area (Å²) in [5.74, 6) is -0.133. The topological polar surface area (TPSA) is 102 Å². The molecular weight excluding hydrogens is 569 g/mol. The Balaban J connectivity index is 1.38. The van der Waals surface area contributed by atoms with E-state index in [1.165, 1.54) is 5.56 Å². The van der Waals surface area contributed by atoms with Crippen molar-refractivity contribution in [3.63, 3.8) is 0 Å². The maximum Gasteiger partial charge on any atom is 0.421 e. The van der Waals surface area contributed by atoms with Crippen molar-refractivity contribution in [1.29, 1.82) is 0 Å². The lowest BCUT2D eigenvalue weighted by atomic mass is 9.83. The van der Waals surface area contributed by atoms with E-state index in [-0.39, 0.29) is 24.2 Å². The normalized spacial score (nSPS) is 18.6. The number of aromatic nitrogens is 2. The highest BCUT2D eigenvalue weighted by atomic mass is 19.4. The Morgan fingerprint density at radius 3 is 2.59 bits per heavy atom. The van der Waals surface area contributed by atoms with Crippen molar-refractivity contribution < 1.29 is 23.1 Å². The SMILES string of the molecule is Cc1c(Nc2ncc(C(F)(F)F)c(NCc3cccc4c3C(C)(C)C(=O)N4)n2)ccc(C2CCCN(CC(C)(C)O)C2)c1C. The first-order chi connectivity index (χ1) is 20.5. The fourth-order valence-electron chi connectivity index (χ4n) is 6.48. The Labute approximate surface area is 256 Å². The Kier molecular flexibility index (Phi) is 8.41. The highest BCUT2D eigenvalue weighted by Gasteiger charge is 2.40. The number of nitrogens with zero attached hydrogens (tertiary/aromatic N) is 3. The van der Waals surface area contributed by atoms with Crippen molar-refractivity contribution in [3.05, 3.63) is 69.9 Å². The maximum atomic E-state index is 14.0. The molecule has 1 unspecified atom stereocenters. The first kappa shape index (κ1) is 31.7. The summed E-state index contributed by atoms with van der Waals surface area (Å²) in [6.07, 6.45) is -1.77. The second kappa shape index (κ2) is 11.7. The fraction of sp³-hybridized carbons (Fsp3) is 0.485. The van der Waals surface area contributed by atoms with Crippen LogP contribution in [0.4, 0.5) is 36.3 Å². The van der Waals surface area contributed by atoms with E-state index >= 15 is 0 Å². The number of hydrogen-bond donors (Lipinski definition) is 4. The van der Waals surface area contributed by atoms with Crippen molar-refractivity contribution >= 4 is 29.0 Å². The van der Waals surface area contributed by atoms with Crippen LogP contribution in [0.5, 0.6) is 0 Å². The summed E-state index contributed by atoms with van der Waals surface area (Å²) < 4.78 is 41.9. The van der Waals surface area contributed by atoms with Gasteiger partial charge in [-0.05, 0) is 107 Å². The molecule has 2 aliphatic rings. The number of benzene rings is 2. The largest absolute Gasteiger partial charge is 0.421 e. The predicted octanol–water partition coefficient (Wildman–Crippen LogP) is 6.65. The summed E-state index contributed by atoms with van der Waals surface area (Å²) in [6.45, 7) is 13.7. The summed E-state index contributed by atoms with van der Waals surface area (Å²) in [6, 6.07) is 9.35. The number of rotatable bonds is 8. The van der Waals surface area contributed by atoms with E-state index in [2.05, 4.69) is 43.8 Å². The molecule has 1 saturated heterocycles. The molecule has 0 saturated carbocycles. The number of hydrogen-bond acceptors (Lipinski definition) is 7. The molecule has 0 bridgehead atoms. The maximum absolute atomic E-state index is 14.0. The fourth-order valence-corrected chi connectivity index (χ4v) is 6.48. The minimum absolute atomic E-state index is 0.0415. The number of piperidine rings is 1. The van der Waals surface area contributed by atoms with Crippen molar-refractivity contribution in [2.75, 3.05) is 35.6 Å². The Bertz CT molecular complexity index is 1560. The molecule has 1 fully saturated rings. The molecule has 5 rings (SSSR count). The van der Waals surface area contributed by atoms with Crippen LogP contribution in [0.25, 0.3) is 0 Å². The molecule has 2 aromatic carbocycles. The van der Waals surface area contributed by atoms with Gasteiger partial charge in [-0.25, -0.2) is 4.98 Å². The molecule has 11 heteroatoms. The number of anilines is 4. The van der Waals surface area contributed by atoms with Crippen LogP contribution in [0.3, 0.4) is 0 Å². The average molecular weight is 611 g/mol. The predicted molar refractivity (Wildman–Crippen MR) is 166 cm³/mol. The molecule has 1 atom stereocenters. The lowest BCUT2D eigenvalue weighted by Gasteiger charge is -2.37. The summed E-state index contributed by atoms with van der Waals surface area (Å²) >= 11 is 0. The second-order valence-electron chi connectivity index (χ2n) is 13.2. The van der Waals surface area contributed by atoms with Gasteiger partial charge in [0.05, 0.1) is 11.0 Å². The molecule has 0 spiro atoms. The van der Waals surface area contributed by atoms with Gasteiger partial charge in [-0.3, -0.25) is 9.69 Å². The smallest absolute Gasteiger partial charge is 0.389 e. The lowest BCUT2D eigenvalue weighted by Crippen LogP contribution is -2.43. The van der Waals surface area contributed by atoms with Gasteiger partial charge in [0.1, 0.15) is 11.4 Å². The minimum atomic E-state index is -4.66. The van der Waals surface area contributed by atoms with Gasteiger partial charge in [-0.15, -0.1) is 0 Å². The molecule has 0 aliphatic carbocycles. The number of amides is 1. The zero-order valence-electron chi connectivity index (χ0n) is 26.1. The van der Waals surface area contributed by atoms with E-state index in [9.17, 15) is 23.1 Å². The third kappa shape index (κ3) is 6.53. The highest BCUT2D eigenvalue weighted by Crippen LogP contribution is 2.41. The first-order valence-electron chi connectivity index (χ1n) is 15.0. The van der Waals surface area contributed by atoms with Gasteiger partial charge in [0, 0.05) is 37.2 Å². The molecule has 8 nitrogen and oxygen atoms in total. The third-order valence-corrected chi connectivity index (χ3v) is 8.76. The molecule has 1 amide bonds. The quantitative estimate of drug-likeness (QED) is 0.227. The van der Waals surface area contributed by atoms with E-state index in [0.29, 0.717) is 29.4 Å². The summed E-state index contributed by atoms with van der Waals surface area (Å²) in [4.78, 5) is 23.1. The Morgan fingerprint density at radius 1 is 1.14 bits per heavy atom. The number of alkyl halides is 3. The van der Waals surface area contributed by atoms with Crippen LogP contribution >= 0.6 is 0 Å². The molecule has 44 heavy (non-hydrogen) atoms. The number of carbonyl (C=O) groups is 1. The molecule has 1 aromatic heterocycles.